The smallest absolute Gasteiger partial charge is 0.311 e. The highest BCUT2D eigenvalue weighted by molar-refractivity contribution is 7.78. The molecule has 0 amide bonds. The molecule has 0 bridgehead atoms. The molecule has 0 aromatic heterocycles. The van der Waals surface area contributed by atoms with Crippen LogP contribution in [0.25, 0.3) is 0 Å². The molecular formula is C31H39NO5S. The van der Waals surface area contributed by atoms with E-state index in [0.29, 0.717) is 18.7 Å². The van der Waals surface area contributed by atoms with Crippen molar-refractivity contribution in [3.8, 4) is 5.75 Å². The van der Waals surface area contributed by atoms with Gasteiger partial charge in [0.1, 0.15) is 11.9 Å². The standard InChI is InChI=1S/C31H39NO5S/c1-7-28(33)24(5)31(34)36-30(27-16-12-9-13-17-27)25(6)32(20-26-14-10-8-11-15-26)38(35)37-29-22(3)18-21(2)19-23(29)4/h8-19,24-25,28,30,33H,7,20H2,1-6H3/t24-,25+,28-,30+,38?/m1/s1. The van der Waals surface area contributed by atoms with Crippen LogP contribution in [0.4, 0.5) is 0 Å². The van der Waals surface area contributed by atoms with Crippen LogP contribution in [0.5, 0.6) is 5.75 Å². The Morgan fingerprint density at radius 3 is 2.05 bits per heavy atom. The molecule has 204 valence electrons. The van der Waals surface area contributed by atoms with Gasteiger partial charge in [0.25, 0.3) is 11.3 Å². The summed E-state index contributed by atoms with van der Waals surface area (Å²) in [5.41, 5.74) is 4.62. The van der Waals surface area contributed by atoms with E-state index in [1.165, 1.54) is 0 Å². The van der Waals surface area contributed by atoms with Crippen molar-refractivity contribution in [2.24, 2.45) is 5.92 Å². The Morgan fingerprint density at radius 2 is 1.50 bits per heavy atom. The van der Waals surface area contributed by atoms with Crippen LogP contribution in [0.2, 0.25) is 0 Å². The van der Waals surface area contributed by atoms with Crippen molar-refractivity contribution in [2.45, 2.75) is 72.8 Å². The fraction of sp³-hybridized carbons (Fsp3) is 0.387. The van der Waals surface area contributed by atoms with Crippen LogP contribution in [0.3, 0.4) is 0 Å². The van der Waals surface area contributed by atoms with Gasteiger partial charge >= 0.3 is 5.97 Å². The van der Waals surface area contributed by atoms with Crippen molar-refractivity contribution >= 4 is 17.2 Å². The number of benzene rings is 3. The molecule has 5 atom stereocenters. The number of carbonyl (C=O) groups is 1. The fourth-order valence-electron chi connectivity index (χ4n) is 4.50. The summed E-state index contributed by atoms with van der Waals surface area (Å²) in [6, 6.07) is 22.6. The van der Waals surface area contributed by atoms with E-state index in [1.54, 1.807) is 11.2 Å². The maximum Gasteiger partial charge on any atom is 0.311 e. The quantitative estimate of drug-likeness (QED) is 0.280. The zero-order valence-corrected chi connectivity index (χ0v) is 23.9. The number of hydrogen-bond donors (Lipinski definition) is 1. The molecule has 0 heterocycles. The first-order chi connectivity index (χ1) is 18.1. The topological polar surface area (TPSA) is 76.1 Å². The zero-order chi connectivity index (χ0) is 27.8. The lowest BCUT2D eigenvalue weighted by Crippen LogP contribution is -2.42. The normalized spacial score (nSPS) is 15.4. The predicted molar refractivity (Wildman–Crippen MR) is 152 cm³/mol. The highest BCUT2D eigenvalue weighted by Crippen LogP contribution is 2.31. The average molecular weight is 538 g/mol. The molecular weight excluding hydrogens is 498 g/mol. The maximum absolute atomic E-state index is 13.9. The van der Waals surface area contributed by atoms with Crippen LogP contribution in [-0.2, 0) is 27.3 Å². The lowest BCUT2D eigenvalue weighted by atomic mass is 10.0. The van der Waals surface area contributed by atoms with Crippen molar-refractivity contribution in [1.29, 1.82) is 0 Å². The molecule has 0 fully saturated rings. The summed E-state index contributed by atoms with van der Waals surface area (Å²) < 4.78 is 27.7. The molecule has 0 spiro atoms. The number of aliphatic hydroxyl groups excluding tert-OH is 1. The first-order valence-electron chi connectivity index (χ1n) is 13.0. The Hall–Kier alpha value is -3.00. The minimum Gasteiger partial charge on any atom is -0.455 e. The molecule has 6 nitrogen and oxygen atoms in total. The van der Waals surface area contributed by atoms with Crippen molar-refractivity contribution in [2.75, 3.05) is 0 Å². The number of rotatable bonds is 12. The monoisotopic (exact) mass is 537 g/mol. The summed E-state index contributed by atoms with van der Waals surface area (Å²) in [4.78, 5) is 13.1. The Balaban J connectivity index is 1.99. The van der Waals surface area contributed by atoms with E-state index in [2.05, 4.69) is 0 Å². The van der Waals surface area contributed by atoms with Crippen LogP contribution < -0.4 is 4.18 Å². The molecule has 0 aliphatic carbocycles. The molecule has 3 aromatic rings. The minimum atomic E-state index is -1.90. The van der Waals surface area contributed by atoms with E-state index in [9.17, 15) is 14.1 Å². The van der Waals surface area contributed by atoms with Crippen molar-refractivity contribution in [3.05, 3.63) is 101 Å². The lowest BCUT2D eigenvalue weighted by Gasteiger charge is -2.34. The summed E-state index contributed by atoms with van der Waals surface area (Å²) in [6.07, 6.45) is -1.11. The van der Waals surface area contributed by atoms with Crippen molar-refractivity contribution in [1.82, 2.24) is 4.31 Å². The number of ether oxygens (including phenoxy) is 1. The number of hydrogen-bond acceptors (Lipinski definition) is 5. The molecule has 7 heteroatoms. The first-order valence-corrected chi connectivity index (χ1v) is 14.1. The Bertz CT molecular complexity index is 1190. The van der Waals surface area contributed by atoms with Gasteiger partial charge in [0.05, 0.1) is 18.1 Å². The molecule has 3 aromatic carbocycles. The van der Waals surface area contributed by atoms with E-state index < -0.39 is 41.4 Å². The third kappa shape index (κ3) is 7.53. The second kappa shape index (κ2) is 13.7. The molecule has 1 N–H and O–H groups in total. The molecule has 38 heavy (non-hydrogen) atoms. The summed E-state index contributed by atoms with van der Waals surface area (Å²) in [5.74, 6) is -0.621. The van der Waals surface area contributed by atoms with E-state index in [4.69, 9.17) is 8.92 Å². The maximum atomic E-state index is 13.9. The molecule has 0 aliphatic rings. The third-order valence-electron chi connectivity index (χ3n) is 6.76. The number of aliphatic hydroxyl groups is 1. The fourth-order valence-corrected chi connectivity index (χ4v) is 5.63. The van der Waals surface area contributed by atoms with Crippen LogP contribution in [0, 0.1) is 26.7 Å². The first kappa shape index (κ1) is 29.6. The van der Waals surface area contributed by atoms with Gasteiger partial charge in [0, 0.05) is 6.54 Å². The van der Waals surface area contributed by atoms with Gasteiger partial charge in [-0.3, -0.25) is 4.79 Å². The van der Waals surface area contributed by atoms with Gasteiger partial charge in [0.15, 0.2) is 0 Å². The van der Waals surface area contributed by atoms with Crippen molar-refractivity contribution in [3.63, 3.8) is 0 Å². The van der Waals surface area contributed by atoms with Crippen LogP contribution >= 0.6 is 0 Å². The van der Waals surface area contributed by atoms with Gasteiger partial charge in [-0.15, -0.1) is 0 Å². The van der Waals surface area contributed by atoms with Crippen LogP contribution in [0.15, 0.2) is 72.8 Å². The molecule has 0 aliphatic heterocycles. The summed E-state index contributed by atoms with van der Waals surface area (Å²) in [6.45, 7) is 11.6. The molecule has 3 rings (SSSR count). The van der Waals surface area contributed by atoms with E-state index >= 15 is 0 Å². The zero-order valence-electron chi connectivity index (χ0n) is 23.1. The van der Waals surface area contributed by atoms with E-state index in [1.807, 2.05) is 107 Å². The van der Waals surface area contributed by atoms with Gasteiger partial charge in [0.2, 0.25) is 0 Å². The lowest BCUT2D eigenvalue weighted by molar-refractivity contribution is -0.160. The van der Waals surface area contributed by atoms with Gasteiger partial charge in [-0.1, -0.05) is 85.3 Å². The number of aryl methyl sites for hydroxylation is 3. The highest BCUT2D eigenvalue weighted by atomic mass is 32.2. The molecule has 0 saturated carbocycles. The van der Waals surface area contributed by atoms with Gasteiger partial charge in [-0.25, -0.2) is 0 Å². The van der Waals surface area contributed by atoms with E-state index in [0.717, 1.165) is 27.8 Å². The predicted octanol–water partition coefficient (Wildman–Crippen LogP) is 6.15. The van der Waals surface area contributed by atoms with Gasteiger partial charge in [-0.05, 0) is 63.3 Å². The Morgan fingerprint density at radius 1 is 0.947 bits per heavy atom. The molecule has 0 saturated heterocycles. The SMILES string of the molecule is CC[C@@H](O)[C@@H](C)C(=O)O[C@H](c1ccccc1)[C@H](C)N(Cc1ccccc1)S(=O)Oc1c(C)cc(C)cc1C. The number of esters is 1. The van der Waals surface area contributed by atoms with Crippen molar-refractivity contribution < 1.29 is 23.0 Å². The van der Waals surface area contributed by atoms with Gasteiger partial charge < -0.3 is 14.0 Å². The Labute approximate surface area is 229 Å². The summed E-state index contributed by atoms with van der Waals surface area (Å²) in [5, 5.41) is 10.3. The second-order valence-electron chi connectivity index (χ2n) is 9.86. The highest BCUT2D eigenvalue weighted by Gasteiger charge is 2.35. The molecule has 1 unspecified atom stereocenters. The molecule has 0 radical (unpaired) electrons. The van der Waals surface area contributed by atoms with E-state index in [-0.39, 0.29) is 0 Å². The average Bonchev–Trinajstić information content (AvgIpc) is 2.91. The second-order valence-corrected chi connectivity index (χ2v) is 10.9. The number of nitrogens with zero attached hydrogens (tertiary/aromatic N) is 1. The minimum absolute atomic E-state index is 0.312. The summed E-state index contributed by atoms with van der Waals surface area (Å²) >= 11 is -1.90. The largest absolute Gasteiger partial charge is 0.455 e. The third-order valence-corrected chi connectivity index (χ3v) is 7.92. The number of carbonyl (C=O) groups excluding carboxylic acids is 1. The van der Waals surface area contributed by atoms with Crippen LogP contribution in [-0.4, -0.2) is 31.7 Å². The van der Waals surface area contributed by atoms with Crippen LogP contribution in [0.1, 0.15) is 61.1 Å². The summed E-state index contributed by atoms with van der Waals surface area (Å²) in [7, 11) is 0. The Kier molecular flexibility index (Phi) is 10.6. The van der Waals surface area contributed by atoms with Gasteiger partial charge in [-0.2, -0.15) is 8.51 Å².